The van der Waals surface area contributed by atoms with E-state index in [1.165, 1.54) is 10.6 Å². The van der Waals surface area contributed by atoms with Gasteiger partial charge in [-0.2, -0.15) is 14.3 Å². The number of morpholine rings is 1. The van der Waals surface area contributed by atoms with Crippen LogP contribution in [0.25, 0.3) is 22.1 Å². The lowest BCUT2D eigenvalue weighted by Crippen LogP contribution is -2.47. The molecular formula is C27H32N10O4S2. The van der Waals surface area contributed by atoms with Crippen LogP contribution in [0.3, 0.4) is 0 Å². The lowest BCUT2D eigenvalue weighted by Gasteiger charge is -2.32. The highest BCUT2D eigenvalue weighted by Crippen LogP contribution is 2.30. The van der Waals surface area contributed by atoms with Crippen molar-refractivity contribution in [3.63, 3.8) is 0 Å². The minimum atomic E-state index is -3.16. The van der Waals surface area contributed by atoms with Crippen LogP contribution in [0.2, 0.25) is 0 Å². The molecule has 0 saturated carbocycles. The largest absolute Gasteiger partial charge is 0.378 e. The third kappa shape index (κ3) is 7.34. The van der Waals surface area contributed by atoms with Gasteiger partial charge in [0, 0.05) is 74.3 Å². The first-order valence-electron chi connectivity index (χ1n) is 13.8. The molecule has 2 saturated heterocycles. The van der Waals surface area contributed by atoms with Crippen LogP contribution in [0, 0.1) is 0 Å². The van der Waals surface area contributed by atoms with Gasteiger partial charge in [0.05, 0.1) is 24.3 Å². The number of rotatable bonds is 8. The number of benzene rings is 1. The van der Waals surface area contributed by atoms with Gasteiger partial charge in [0.15, 0.2) is 11.6 Å². The van der Waals surface area contributed by atoms with Crippen molar-refractivity contribution in [1.29, 1.82) is 0 Å². The summed E-state index contributed by atoms with van der Waals surface area (Å²) in [4.78, 5) is 40.0. The lowest BCUT2D eigenvalue weighted by molar-refractivity contribution is 0.122. The number of sulfonamides is 1. The van der Waals surface area contributed by atoms with Crippen LogP contribution in [-0.4, -0.2) is 107 Å². The summed E-state index contributed by atoms with van der Waals surface area (Å²) in [5.74, 6) is 2.07. The Morgan fingerprint density at radius 2 is 1.70 bits per heavy atom. The van der Waals surface area contributed by atoms with E-state index in [9.17, 15) is 13.2 Å². The Balaban J connectivity index is 1.20. The van der Waals surface area contributed by atoms with Gasteiger partial charge in [-0.25, -0.2) is 23.2 Å². The summed E-state index contributed by atoms with van der Waals surface area (Å²) in [5, 5.41) is 5.41. The van der Waals surface area contributed by atoms with Crippen LogP contribution in [-0.2, 0) is 21.3 Å². The molecule has 0 aliphatic carbocycles. The SMILES string of the molecule is CS(=O)(=O)N1CCN(Cc2ccc(-c3nc(-c4ccc(NC(=O)Nc5ncc[nH]5)cc4)nc(N4CCOCC4)n3)s2)CC1. The third-order valence-corrected chi connectivity index (χ3v) is 9.48. The summed E-state index contributed by atoms with van der Waals surface area (Å²) in [6.07, 6.45) is 4.44. The number of H-pyrrole nitrogens is 1. The van der Waals surface area contributed by atoms with Crippen molar-refractivity contribution in [2.24, 2.45) is 0 Å². The summed E-state index contributed by atoms with van der Waals surface area (Å²) < 4.78 is 30.8. The average Bonchev–Trinajstić information content (AvgIpc) is 3.70. The van der Waals surface area contributed by atoms with Crippen molar-refractivity contribution < 1.29 is 17.9 Å². The number of thiophene rings is 1. The molecule has 14 nitrogen and oxygen atoms in total. The normalized spacial score (nSPS) is 16.7. The summed E-state index contributed by atoms with van der Waals surface area (Å²) in [6.45, 7) is 5.69. The van der Waals surface area contributed by atoms with Gasteiger partial charge < -0.3 is 19.9 Å². The minimum Gasteiger partial charge on any atom is -0.378 e. The van der Waals surface area contributed by atoms with Crippen molar-refractivity contribution in [2.45, 2.75) is 6.54 Å². The summed E-state index contributed by atoms with van der Waals surface area (Å²) >= 11 is 1.62. The van der Waals surface area contributed by atoms with E-state index >= 15 is 0 Å². The monoisotopic (exact) mass is 624 g/mol. The molecule has 0 spiro atoms. The molecule has 0 atom stereocenters. The molecule has 3 N–H and O–H groups in total. The number of aromatic nitrogens is 5. The first kappa shape index (κ1) is 29.1. The fourth-order valence-electron chi connectivity index (χ4n) is 4.84. The Bertz CT molecular complexity index is 1650. The van der Waals surface area contributed by atoms with Gasteiger partial charge in [-0.1, -0.05) is 0 Å². The molecule has 2 aliphatic rings. The predicted octanol–water partition coefficient (Wildman–Crippen LogP) is 2.55. The zero-order valence-electron chi connectivity index (χ0n) is 23.6. The van der Waals surface area contributed by atoms with E-state index < -0.39 is 16.1 Å². The number of carbonyl (C=O) groups excluding carboxylic acids is 1. The Morgan fingerprint density at radius 3 is 2.40 bits per heavy atom. The van der Waals surface area contributed by atoms with Crippen LogP contribution >= 0.6 is 11.3 Å². The van der Waals surface area contributed by atoms with E-state index in [-0.39, 0.29) is 0 Å². The Labute approximate surface area is 253 Å². The highest BCUT2D eigenvalue weighted by molar-refractivity contribution is 7.88. The lowest BCUT2D eigenvalue weighted by atomic mass is 10.2. The number of aromatic amines is 1. The first-order valence-corrected chi connectivity index (χ1v) is 16.5. The smallest absolute Gasteiger partial charge is 0.326 e. The van der Waals surface area contributed by atoms with Gasteiger partial charge >= 0.3 is 6.03 Å². The highest BCUT2D eigenvalue weighted by Gasteiger charge is 2.24. The number of hydrogen-bond donors (Lipinski definition) is 3. The van der Waals surface area contributed by atoms with Crippen LogP contribution < -0.4 is 15.5 Å². The van der Waals surface area contributed by atoms with Crippen molar-refractivity contribution in [3.8, 4) is 22.1 Å². The average molecular weight is 625 g/mol. The number of imidazole rings is 1. The number of ether oxygens (including phenoxy) is 1. The maximum Gasteiger partial charge on any atom is 0.326 e. The van der Waals surface area contributed by atoms with Crippen LogP contribution in [0.5, 0.6) is 0 Å². The van der Waals surface area contributed by atoms with Gasteiger partial charge in [-0.05, 0) is 36.4 Å². The Morgan fingerprint density at radius 1 is 0.953 bits per heavy atom. The third-order valence-electron chi connectivity index (χ3n) is 7.11. The molecular weight excluding hydrogens is 592 g/mol. The molecule has 0 bridgehead atoms. The van der Waals surface area contributed by atoms with Gasteiger partial charge in [-0.15, -0.1) is 11.3 Å². The summed E-state index contributed by atoms with van der Waals surface area (Å²) in [7, 11) is -3.16. The summed E-state index contributed by atoms with van der Waals surface area (Å²) in [6, 6.07) is 11.0. The summed E-state index contributed by atoms with van der Waals surface area (Å²) in [5.41, 5.74) is 1.39. The van der Waals surface area contributed by atoms with Gasteiger partial charge in [-0.3, -0.25) is 10.2 Å². The zero-order chi connectivity index (χ0) is 29.8. The number of piperazine rings is 1. The van der Waals surface area contributed by atoms with Crippen molar-refractivity contribution >= 4 is 45.0 Å². The fourth-order valence-corrected chi connectivity index (χ4v) is 6.65. The first-order chi connectivity index (χ1) is 20.8. The molecule has 2 aliphatic heterocycles. The predicted molar refractivity (Wildman–Crippen MR) is 165 cm³/mol. The van der Waals surface area contributed by atoms with E-state index in [0.717, 1.165) is 21.9 Å². The maximum absolute atomic E-state index is 12.3. The van der Waals surface area contributed by atoms with E-state index in [1.807, 2.05) is 18.2 Å². The molecule has 3 aromatic heterocycles. The molecule has 5 heterocycles. The molecule has 0 radical (unpaired) electrons. The van der Waals surface area contributed by atoms with Crippen LogP contribution in [0.4, 0.5) is 22.4 Å². The molecule has 4 aromatic rings. The Hall–Kier alpha value is -3.96. The molecule has 0 unspecified atom stereocenters. The minimum absolute atomic E-state index is 0.355. The molecule has 43 heavy (non-hydrogen) atoms. The van der Waals surface area contributed by atoms with Crippen LogP contribution in [0.1, 0.15) is 4.88 Å². The number of anilines is 3. The molecule has 226 valence electrons. The highest BCUT2D eigenvalue weighted by atomic mass is 32.2. The van der Waals surface area contributed by atoms with Crippen molar-refractivity contribution in [2.75, 3.05) is 74.3 Å². The van der Waals surface area contributed by atoms with E-state index in [2.05, 4.69) is 36.5 Å². The topological polar surface area (TPSA) is 162 Å². The van der Waals surface area contributed by atoms with Crippen LogP contribution in [0.15, 0.2) is 48.8 Å². The van der Waals surface area contributed by atoms with Crippen molar-refractivity contribution in [3.05, 3.63) is 53.7 Å². The second-order valence-corrected chi connectivity index (χ2v) is 13.3. The van der Waals surface area contributed by atoms with Gasteiger partial charge in [0.25, 0.3) is 0 Å². The second kappa shape index (κ2) is 12.7. The maximum atomic E-state index is 12.3. The second-order valence-electron chi connectivity index (χ2n) is 10.2. The standard InChI is InChI=1S/C27H32N10O4S2/c1-43(39,40)37-12-10-35(11-13-37)18-21-6-7-22(42-21)24-31-23(32-26(33-24)36-14-16-41-17-15-36)19-2-4-20(5-3-19)30-27(38)34-25-28-8-9-29-25/h2-9H,10-18H2,1H3,(H3,28,29,30,34,38). The number of nitrogens with zero attached hydrogens (tertiary/aromatic N) is 7. The van der Waals surface area contributed by atoms with E-state index in [4.69, 9.17) is 19.7 Å². The molecule has 6 rings (SSSR count). The molecule has 16 heteroatoms. The van der Waals surface area contributed by atoms with Gasteiger partial charge in [0.1, 0.15) is 0 Å². The number of hydrogen-bond acceptors (Lipinski definition) is 11. The molecule has 2 amide bonds. The number of carbonyl (C=O) groups is 1. The number of amides is 2. The number of nitrogens with one attached hydrogen (secondary N) is 3. The fraction of sp³-hybridized carbons (Fsp3) is 0.370. The molecule has 1 aromatic carbocycles. The van der Waals surface area contributed by atoms with E-state index in [0.29, 0.717) is 81.7 Å². The van der Waals surface area contributed by atoms with E-state index in [1.54, 1.807) is 35.9 Å². The number of urea groups is 1. The van der Waals surface area contributed by atoms with Crippen molar-refractivity contribution in [1.82, 2.24) is 34.1 Å². The Kier molecular flexibility index (Phi) is 8.62. The zero-order valence-corrected chi connectivity index (χ0v) is 25.2. The molecule has 2 fully saturated rings. The quantitative estimate of drug-likeness (QED) is 0.266. The van der Waals surface area contributed by atoms with Gasteiger partial charge in [0.2, 0.25) is 21.9 Å².